The normalized spacial score (nSPS) is 18.0. The Bertz CT molecular complexity index is 839. The molecule has 0 radical (unpaired) electrons. The number of nitrogens with two attached hydrogens (primary N) is 1. The Morgan fingerprint density at radius 3 is 2.18 bits per heavy atom. The number of rotatable bonds is 2. The first kappa shape index (κ1) is 31.2. The van der Waals surface area contributed by atoms with Crippen LogP contribution >= 0.6 is 11.3 Å². The largest absolute Gasteiger partial charge is 0.477 e. The molecule has 1 fully saturated rings. The number of thiophene rings is 1. The summed E-state index contributed by atoms with van der Waals surface area (Å²) < 4.78 is 0. The van der Waals surface area contributed by atoms with Gasteiger partial charge in [0.05, 0.1) is 10.4 Å². The number of aryl methyl sites for hydroxylation is 1. The van der Waals surface area contributed by atoms with Crippen molar-refractivity contribution in [1.29, 1.82) is 0 Å². The molecule has 0 spiro atoms. The van der Waals surface area contributed by atoms with Gasteiger partial charge in [0.15, 0.2) is 0 Å². The fraction of sp³-hybridized carbons (Fsp3) is 0.621. The van der Waals surface area contributed by atoms with E-state index in [-0.39, 0.29) is 7.43 Å². The maximum absolute atomic E-state index is 10.8. The van der Waals surface area contributed by atoms with E-state index in [0.717, 1.165) is 22.3 Å². The van der Waals surface area contributed by atoms with E-state index in [9.17, 15) is 4.79 Å². The van der Waals surface area contributed by atoms with Crippen molar-refractivity contribution in [2.75, 3.05) is 0 Å². The molecular formula is C29H47NO2S. The summed E-state index contributed by atoms with van der Waals surface area (Å²) in [5.41, 5.74) is 8.79. The summed E-state index contributed by atoms with van der Waals surface area (Å²) in [6.45, 7) is 16.1. The maximum Gasteiger partial charge on any atom is 0.346 e. The summed E-state index contributed by atoms with van der Waals surface area (Å²) >= 11 is 1.18. The summed E-state index contributed by atoms with van der Waals surface area (Å²) in [5.74, 6) is 6.64. The van der Waals surface area contributed by atoms with Crippen molar-refractivity contribution in [3.63, 3.8) is 0 Å². The molecule has 3 nitrogen and oxygen atoms in total. The first-order chi connectivity index (χ1) is 14.9. The lowest BCUT2D eigenvalue weighted by molar-refractivity contribution is 0.0701. The Kier molecular flexibility index (Phi) is 14.3. The average Bonchev–Trinajstić information content (AvgIpc) is 3.09. The molecule has 0 aliphatic heterocycles. The molecule has 1 unspecified atom stereocenters. The highest BCUT2D eigenvalue weighted by molar-refractivity contribution is 7.14. The Labute approximate surface area is 207 Å². The Morgan fingerprint density at radius 2 is 1.82 bits per heavy atom. The molecule has 0 amide bonds. The molecule has 3 rings (SSSR count). The van der Waals surface area contributed by atoms with E-state index in [4.69, 9.17) is 10.8 Å². The second-order valence-corrected chi connectivity index (χ2v) is 11.1. The third-order valence-corrected chi connectivity index (χ3v) is 6.99. The van der Waals surface area contributed by atoms with Gasteiger partial charge in [-0.15, -0.1) is 11.3 Å². The Balaban J connectivity index is 0.000000492. The number of carboxylic acid groups (broad SMARTS) is 1. The van der Waals surface area contributed by atoms with Crippen LogP contribution in [0.15, 0.2) is 29.9 Å². The molecule has 2 aliphatic rings. The van der Waals surface area contributed by atoms with Crippen LogP contribution in [0.4, 0.5) is 0 Å². The molecule has 0 bridgehead atoms. The molecule has 1 heterocycles. The zero-order valence-corrected chi connectivity index (χ0v) is 21.8. The fourth-order valence-corrected chi connectivity index (χ4v) is 4.56. The summed E-state index contributed by atoms with van der Waals surface area (Å²) in [6.07, 6.45) is 13.6. The molecular weight excluding hydrogens is 426 g/mol. The topological polar surface area (TPSA) is 63.3 Å². The third-order valence-electron chi connectivity index (χ3n) is 5.85. The molecule has 1 atom stereocenters. The smallest absolute Gasteiger partial charge is 0.346 e. The second-order valence-electron chi connectivity index (χ2n) is 10.0. The van der Waals surface area contributed by atoms with Crippen LogP contribution in [0, 0.1) is 30.6 Å². The molecule has 186 valence electrons. The van der Waals surface area contributed by atoms with E-state index in [1.165, 1.54) is 68.3 Å². The SMILES string of the molecule is C.C=C(C)C1CC=C(C)CC1.CC1CCCCC1.Cc1cc(C#CC(C)(C)N)sc1C(=O)O. The minimum Gasteiger partial charge on any atom is -0.477 e. The maximum atomic E-state index is 10.8. The van der Waals surface area contributed by atoms with Crippen LogP contribution in [0.2, 0.25) is 0 Å². The monoisotopic (exact) mass is 473 g/mol. The molecule has 2 aliphatic carbocycles. The lowest BCUT2D eigenvalue weighted by Crippen LogP contribution is -2.29. The van der Waals surface area contributed by atoms with Gasteiger partial charge < -0.3 is 10.8 Å². The first-order valence-electron chi connectivity index (χ1n) is 11.9. The standard InChI is InChI=1S/C11H13NO2S.C10H16.C7H14.CH4/c1-7-6-8(4-5-11(2,3)12)15-9(7)10(13)14;1-8(2)10-6-4-9(3)5-7-10;1-7-5-3-2-4-6-7;/h6H,12H2,1-3H3,(H,13,14);4,10H,1,5-7H2,2-3H3;7H,2-6H2,1H3;1H4. The average molecular weight is 474 g/mol. The summed E-state index contributed by atoms with van der Waals surface area (Å²) in [6, 6.07) is 1.77. The number of allylic oxidation sites excluding steroid dienone is 3. The van der Waals surface area contributed by atoms with Crippen molar-refractivity contribution in [2.24, 2.45) is 17.6 Å². The quantitative estimate of drug-likeness (QED) is 0.335. The molecule has 1 aromatic heterocycles. The number of hydrogen-bond donors (Lipinski definition) is 2. The van der Waals surface area contributed by atoms with Crippen LogP contribution < -0.4 is 5.73 Å². The van der Waals surface area contributed by atoms with Crippen LogP contribution in [-0.4, -0.2) is 16.6 Å². The van der Waals surface area contributed by atoms with E-state index < -0.39 is 11.5 Å². The predicted octanol–water partition coefficient (Wildman–Crippen LogP) is 8.38. The summed E-state index contributed by atoms with van der Waals surface area (Å²) in [7, 11) is 0. The van der Waals surface area contributed by atoms with Gasteiger partial charge in [0.25, 0.3) is 0 Å². The molecule has 1 aromatic rings. The van der Waals surface area contributed by atoms with Crippen LogP contribution in [0.5, 0.6) is 0 Å². The minimum absolute atomic E-state index is 0. The lowest BCUT2D eigenvalue weighted by atomic mass is 9.86. The van der Waals surface area contributed by atoms with Gasteiger partial charge >= 0.3 is 5.97 Å². The number of hydrogen-bond acceptors (Lipinski definition) is 3. The van der Waals surface area contributed by atoms with Crippen LogP contribution in [-0.2, 0) is 0 Å². The number of aromatic carboxylic acids is 1. The zero-order valence-electron chi connectivity index (χ0n) is 21.0. The van der Waals surface area contributed by atoms with E-state index in [1.807, 2.05) is 0 Å². The van der Waals surface area contributed by atoms with Gasteiger partial charge in [-0.2, -0.15) is 0 Å². The summed E-state index contributed by atoms with van der Waals surface area (Å²) in [4.78, 5) is 11.9. The molecule has 0 saturated heterocycles. The highest BCUT2D eigenvalue weighted by atomic mass is 32.1. The molecule has 33 heavy (non-hydrogen) atoms. The molecule has 3 N–H and O–H groups in total. The van der Waals surface area contributed by atoms with E-state index in [0.29, 0.717) is 4.88 Å². The lowest BCUT2D eigenvalue weighted by Gasteiger charge is -2.19. The van der Waals surface area contributed by atoms with E-state index in [2.05, 4.69) is 45.3 Å². The van der Waals surface area contributed by atoms with E-state index >= 15 is 0 Å². The van der Waals surface area contributed by atoms with Gasteiger partial charge in [-0.1, -0.05) is 82.1 Å². The number of carboxylic acids is 1. The van der Waals surface area contributed by atoms with E-state index in [1.54, 1.807) is 32.4 Å². The predicted molar refractivity (Wildman–Crippen MR) is 146 cm³/mol. The van der Waals surface area contributed by atoms with Gasteiger partial charge in [0.2, 0.25) is 0 Å². The van der Waals surface area contributed by atoms with Crippen LogP contribution in [0.25, 0.3) is 0 Å². The molecule has 1 saturated carbocycles. The van der Waals surface area contributed by atoms with Crippen molar-refractivity contribution >= 4 is 17.3 Å². The summed E-state index contributed by atoms with van der Waals surface area (Å²) in [5, 5.41) is 8.84. The van der Waals surface area contributed by atoms with Crippen molar-refractivity contribution in [3.05, 3.63) is 45.2 Å². The Morgan fingerprint density at radius 1 is 1.21 bits per heavy atom. The van der Waals surface area contributed by atoms with Gasteiger partial charge in [-0.3, -0.25) is 0 Å². The van der Waals surface area contributed by atoms with Crippen molar-refractivity contribution in [1.82, 2.24) is 0 Å². The van der Waals surface area contributed by atoms with Gasteiger partial charge in [0.1, 0.15) is 4.88 Å². The zero-order chi connectivity index (χ0) is 24.3. The van der Waals surface area contributed by atoms with Gasteiger partial charge in [0, 0.05) is 0 Å². The minimum atomic E-state index is -0.905. The van der Waals surface area contributed by atoms with Gasteiger partial charge in [-0.05, 0) is 77.3 Å². The van der Waals surface area contributed by atoms with Crippen molar-refractivity contribution < 1.29 is 9.90 Å². The number of carbonyl (C=O) groups is 1. The molecule has 4 heteroatoms. The first-order valence-corrected chi connectivity index (χ1v) is 12.7. The Hall–Kier alpha value is -1.83. The van der Waals surface area contributed by atoms with Gasteiger partial charge in [-0.25, -0.2) is 4.79 Å². The van der Waals surface area contributed by atoms with Crippen LogP contribution in [0.3, 0.4) is 0 Å². The van der Waals surface area contributed by atoms with Crippen molar-refractivity contribution in [3.8, 4) is 11.8 Å². The fourth-order valence-electron chi connectivity index (χ4n) is 3.70. The molecule has 0 aromatic carbocycles. The second kappa shape index (κ2) is 15.1. The van der Waals surface area contributed by atoms with Crippen LogP contribution in [0.1, 0.15) is 114 Å². The third kappa shape index (κ3) is 13.5. The highest BCUT2D eigenvalue weighted by Crippen LogP contribution is 2.27. The van der Waals surface area contributed by atoms with Crippen molar-refractivity contribution in [2.45, 2.75) is 106 Å². The highest BCUT2D eigenvalue weighted by Gasteiger charge is 2.12.